The molecule has 2 aliphatic heterocycles. The number of benzene rings is 1. The highest BCUT2D eigenvalue weighted by molar-refractivity contribution is 6.19. The van der Waals surface area contributed by atoms with Gasteiger partial charge in [-0.1, -0.05) is 34.8 Å². The number of carbonyl (C=O) groups is 2. The van der Waals surface area contributed by atoms with Crippen molar-refractivity contribution in [2.45, 2.75) is 46.3 Å². The zero-order valence-electron chi connectivity index (χ0n) is 16.3. The lowest BCUT2D eigenvalue weighted by molar-refractivity contribution is -0.677. The zero-order valence-corrected chi connectivity index (χ0v) is 16.3. The van der Waals surface area contributed by atoms with Gasteiger partial charge in [0.15, 0.2) is 0 Å². The molecule has 3 heterocycles. The van der Waals surface area contributed by atoms with Gasteiger partial charge in [0, 0.05) is 7.05 Å². The van der Waals surface area contributed by atoms with Crippen molar-refractivity contribution in [2.24, 2.45) is 4.99 Å². The topological polar surface area (TPSA) is 61.8 Å². The first-order chi connectivity index (χ1) is 12.8. The molecule has 1 saturated heterocycles. The van der Waals surface area contributed by atoms with Crippen molar-refractivity contribution >= 4 is 23.7 Å². The van der Waals surface area contributed by atoms with Gasteiger partial charge in [-0.15, -0.1) is 0 Å². The van der Waals surface area contributed by atoms with Gasteiger partial charge in [0.2, 0.25) is 11.9 Å². The van der Waals surface area contributed by atoms with Crippen LogP contribution in [0.3, 0.4) is 0 Å². The molecule has 140 valence electrons. The van der Waals surface area contributed by atoms with Gasteiger partial charge in [0.1, 0.15) is 11.9 Å². The van der Waals surface area contributed by atoms with E-state index in [0.717, 1.165) is 16.8 Å². The fourth-order valence-corrected chi connectivity index (χ4v) is 3.86. The number of carbonyl (C=O) groups excluding carboxylic acids is 2. The Balaban J connectivity index is 1.73. The van der Waals surface area contributed by atoms with Gasteiger partial charge in [-0.2, -0.15) is 0 Å². The molecule has 2 aliphatic rings. The number of aliphatic imine (C=N–C) groups is 1. The monoisotopic (exact) mass is 366 g/mol. The minimum Gasteiger partial charge on any atom is -0.270 e. The molecule has 2 aromatic rings. The van der Waals surface area contributed by atoms with Crippen LogP contribution in [0.15, 0.2) is 35.5 Å². The molecule has 1 unspecified atom stereocenters. The van der Waals surface area contributed by atoms with E-state index in [1.54, 1.807) is 7.05 Å². The summed E-state index contributed by atoms with van der Waals surface area (Å²) >= 11 is 0. The maximum Gasteiger partial charge on any atom is 0.402 e. The van der Waals surface area contributed by atoms with Crippen LogP contribution in [0.5, 0.6) is 0 Å². The molecule has 1 aromatic carbocycles. The van der Waals surface area contributed by atoms with Crippen molar-refractivity contribution < 1.29 is 14.2 Å². The van der Waals surface area contributed by atoms with Crippen molar-refractivity contribution in [1.29, 1.82) is 0 Å². The van der Waals surface area contributed by atoms with Crippen molar-refractivity contribution in [3.05, 3.63) is 47.3 Å². The molecule has 27 heavy (non-hydrogen) atoms. The molecule has 0 saturated carbocycles. The highest BCUT2D eigenvalue weighted by atomic mass is 16.2. The zero-order chi connectivity index (χ0) is 19.5. The lowest BCUT2D eigenvalue weighted by Crippen LogP contribution is -2.62. The molecule has 1 atom stereocenters. The number of fused-ring (bicyclic) bond motifs is 3. The van der Waals surface area contributed by atoms with E-state index in [0.29, 0.717) is 11.8 Å². The quantitative estimate of drug-likeness (QED) is 0.784. The van der Waals surface area contributed by atoms with Crippen LogP contribution in [0, 0.1) is 13.8 Å². The van der Waals surface area contributed by atoms with Gasteiger partial charge in [0.05, 0.1) is 12.6 Å². The molecule has 0 radical (unpaired) electrons. The Morgan fingerprint density at radius 3 is 2.44 bits per heavy atom. The second-order valence-corrected chi connectivity index (χ2v) is 7.57. The molecule has 1 aromatic heterocycles. The van der Waals surface area contributed by atoms with Crippen molar-refractivity contribution in [2.75, 3.05) is 7.05 Å². The smallest absolute Gasteiger partial charge is 0.270 e. The lowest BCUT2D eigenvalue weighted by atomic mass is 10.1. The number of urea groups is 1. The number of imide groups is 1. The molecule has 0 aliphatic carbocycles. The number of hydrogen-bond donors (Lipinski definition) is 0. The second kappa shape index (κ2) is 6.04. The minimum atomic E-state index is -0.591. The summed E-state index contributed by atoms with van der Waals surface area (Å²) in [6.07, 6.45) is 1.95. The average Bonchev–Trinajstić information content (AvgIpc) is 3.12. The molecule has 0 N–H and O–H groups in total. The van der Waals surface area contributed by atoms with Crippen molar-refractivity contribution in [3.63, 3.8) is 0 Å². The number of hydrogen-bond acceptors (Lipinski definition) is 3. The van der Waals surface area contributed by atoms with Gasteiger partial charge in [-0.05, 0) is 33.3 Å². The fourth-order valence-electron chi connectivity index (χ4n) is 3.86. The maximum absolute atomic E-state index is 13.3. The standard InChI is InChI=1S/C20H24N5O2/c1-12(2)25-14(4)10-23-16-17(21-19(23)25)22(5)20(27)24(18(16)26)11-15-8-6-13(3)7-9-15/h6-10,12,16H,11H2,1-5H3/q+1. The first-order valence-corrected chi connectivity index (χ1v) is 9.15. The van der Waals surface area contributed by atoms with Crippen LogP contribution in [0.1, 0.15) is 42.8 Å². The molecule has 1 fully saturated rings. The van der Waals surface area contributed by atoms with E-state index in [4.69, 9.17) is 0 Å². The lowest BCUT2D eigenvalue weighted by Gasteiger charge is -2.33. The molecule has 7 heteroatoms. The van der Waals surface area contributed by atoms with E-state index in [-0.39, 0.29) is 24.5 Å². The predicted octanol–water partition coefficient (Wildman–Crippen LogP) is 2.65. The van der Waals surface area contributed by atoms with E-state index in [1.807, 2.05) is 48.9 Å². The summed E-state index contributed by atoms with van der Waals surface area (Å²) in [6, 6.07) is 7.16. The largest absolute Gasteiger partial charge is 0.402 e. The summed E-state index contributed by atoms with van der Waals surface area (Å²) in [5.74, 6) is 0.976. The Morgan fingerprint density at radius 1 is 1.15 bits per heavy atom. The van der Waals surface area contributed by atoms with Crippen LogP contribution < -0.4 is 4.57 Å². The Labute approximate surface area is 158 Å². The predicted molar refractivity (Wildman–Crippen MR) is 101 cm³/mol. The number of rotatable bonds is 3. The summed E-state index contributed by atoms with van der Waals surface area (Å²) < 4.78 is 3.97. The van der Waals surface area contributed by atoms with E-state index < -0.39 is 6.04 Å². The number of likely N-dealkylation sites (N-methyl/N-ethyl adjacent to an activating group) is 1. The summed E-state index contributed by atoms with van der Waals surface area (Å²) in [7, 11) is 1.68. The highest BCUT2D eigenvalue weighted by Crippen LogP contribution is 2.31. The Morgan fingerprint density at radius 2 is 1.81 bits per heavy atom. The highest BCUT2D eigenvalue weighted by Gasteiger charge is 2.53. The molecular formula is C20H24N5O2+. The summed E-state index contributed by atoms with van der Waals surface area (Å²) in [6.45, 7) is 8.43. The fraction of sp³-hybridized carbons (Fsp3) is 0.400. The molecule has 3 amide bonds. The molecule has 7 nitrogen and oxygen atoms in total. The van der Waals surface area contributed by atoms with Crippen molar-refractivity contribution in [1.82, 2.24) is 14.4 Å². The minimum absolute atomic E-state index is 0.213. The maximum atomic E-state index is 13.3. The Bertz CT molecular complexity index is 971. The third-order valence-electron chi connectivity index (χ3n) is 5.23. The Kier molecular flexibility index (Phi) is 3.91. The van der Waals surface area contributed by atoms with E-state index in [1.165, 1.54) is 9.80 Å². The Hall–Kier alpha value is -2.96. The number of nitrogens with zero attached hydrogens (tertiary/aromatic N) is 5. The number of aromatic nitrogens is 2. The third-order valence-corrected chi connectivity index (χ3v) is 5.23. The summed E-state index contributed by atoms with van der Waals surface area (Å²) in [5.41, 5.74) is 3.11. The number of amides is 3. The van der Waals surface area contributed by atoms with Crippen molar-refractivity contribution in [3.8, 4) is 0 Å². The van der Waals surface area contributed by atoms with Crippen LogP contribution in [-0.4, -0.2) is 39.2 Å². The third kappa shape index (κ3) is 2.57. The van der Waals surface area contributed by atoms with Gasteiger partial charge < -0.3 is 0 Å². The van der Waals surface area contributed by atoms with Crippen LogP contribution >= 0.6 is 0 Å². The second-order valence-electron chi connectivity index (χ2n) is 7.57. The van der Waals surface area contributed by atoms with E-state index >= 15 is 0 Å². The van der Waals surface area contributed by atoms with Crippen LogP contribution in [0.25, 0.3) is 0 Å². The van der Waals surface area contributed by atoms with Gasteiger partial charge >= 0.3 is 12.0 Å². The van der Waals surface area contributed by atoms with Gasteiger partial charge in [0.25, 0.3) is 5.91 Å². The first kappa shape index (κ1) is 17.5. The molecular weight excluding hydrogens is 342 g/mol. The SMILES string of the molecule is Cc1ccc(CN2C(=O)C3C(=Nc4n(C(C)C)c(C)c[n+]43)N(C)C2=O)cc1. The van der Waals surface area contributed by atoms with Crippen LogP contribution in [0.2, 0.25) is 0 Å². The van der Waals surface area contributed by atoms with Gasteiger partial charge in [-0.25, -0.2) is 13.9 Å². The average molecular weight is 366 g/mol. The number of imidazole rings is 1. The molecule has 0 bridgehead atoms. The van der Waals surface area contributed by atoms with Crippen LogP contribution in [-0.2, 0) is 11.3 Å². The van der Waals surface area contributed by atoms with E-state index in [9.17, 15) is 9.59 Å². The van der Waals surface area contributed by atoms with E-state index in [2.05, 4.69) is 23.4 Å². The molecule has 4 rings (SSSR count). The number of amidine groups is 1. The molecule has 0 spiro atoms. The van der Waals surface area contributed by atoms with Crippen LogP contribution in [0.4, 0.5) is 10.7 Å². The normalized spacial score (nSPS) is 18.9. The first-order valence-electron chi connectivity index (χ1n) is 9.15. The summed E-state index contributed by atoms with van der Waals surface area (Å²) in [5, 5.41) is 0. The number of aryl methyl sites for hydroxylation is 2. The van der Waals surface area contributed by atoms with Gasteiger partial charge in [-0.3, -0.25) is 14.6 Å². The summed E-state index contributed by atoms with van der Waals surface area (Å²) in [4.78, 5) is 33.6.